The molecule has 4 aromatic rings. The number of ether oxygens (including phenoxy) is 3. The first-order valence-corrected chi connectivity index (χ1v) is 26.6. The van der Waals surface area contributed by atoms with Crippen molar-refractivity contribution in [3.63, 3.8) is 0 Å². The minimum Gasteiger partial charge on any atom is -0.507 e. The van der Waals surface area contributed by atoms with Crippen molar-refractivity contribution in [2.24, 2.45) is 0 Å². The summed E-state index contributed by atoms with van der Waals surface area (Å²) in [5, 5.41) is 12.7. The maximum Gasteiger partial charge on any atom is 0.260 e. The molecule has 4 aromatic carbocycles. The number of hydrogen-bond acceptors (Lipinski definition) is 7. The van der Waals surface area contributed by atoms with Crippen LogP contribution in [0.15, 0.2) is 48.5 Å². The van der Waals surface area contributed by atoms with Crippen LogP contribution in [0.2, 0.25) is 0 Å². The molecule has 394 valence electrons. The number of nitrogens with zero attached hydrogens (tertiary/aromatic N) is 3. The number of benzene rings is 4. The van der Waals surface area contributed by atoms with E-state index in [0.29, 0.717) is 82.2 Å². The Balaban J connectivity index is 2.00. The maximum atomic E-state index is 13.9. The molecule has 0 atom stereocenters. The lowest BCUT2D eigenvalue weighted by atomic mass is 9.79. The first-order chi connectivity index (χ1) is 33.6. The number of hydrogen-bond donors (Lipinski definition) is 1. The van der Waals surface area contributed by atoms with Gasteiger partial charge in [0.15, 0.2) is 19.8 Å². The fraction of sp³-hybridized carbons (Fsp3) is 0.565. The third-order valence-corrected chi connectivity index (χ3v) is 14.4. The number of rotatable bonds is 15. The van der Waals surface area contributed by atoms with Crippen LogP contribution in [0.25, 0.3) is 0 Å². The fourth-order valence-corrected chi connectivity index (χ4v) is 9.59. The van der Waals surface area contributed by atoms with Crippen molar-refractivity contribution >= 4 is 17.7 Å². The number of aromatic hydroxyl groups is 1. The van der Waals surface area contributed by atoms with Crippen LogP contribution in [0.1, 0.15) is 191 Å². The Morgan fingerprint density at radius 1 is 0.375 bits per heavy atom. The van der Waals surface area contributed by atoms with E-state index < -0.39 is 0 Å². The topological polar surface area (TPSA) is 109 Å². The molecule has 1 aliphatic carbocycles. The van der Waals surface area contributed by atoms with E-state index in [-0.39, 0.29) is 65.0 Å². The van der Waals surface area contributed by atoms with Gasteiger partial charge in [0.2, 0.25) is 0 Å². The van der Waals surface area contributed by atoms with Crippen LogP contribution in [0.5, 0.6) is 23.0 Å². The molecule has 0 fully saturated rings. The van der Waals surface area contributed by atoms with E-state index in [2.05, 4.69) is 132 Å². The molecule has 8 bridgehead atoms. The molecule has 0 aliphatic heterocycles. The molecule has 0 heterocycles. The second kappa shape index (κ2) is 23.1. The van der Waals surface area contributed by atoms with Crippen LogP contribution >= 0.6 is 0 Å². The highest BCUT2D eigenvalue weighted by molar-refractivity contribution is 5.79. The molecule has 1 aliphatic rings. The Morgan fingerprint density at radius 2 is 0.556 bits per heavy atom. The van der Waals surface area contributed by atoms with Crippen LogP contribution < -0.4 is 14.2 Å². The lowest BCUT2D eigenvalue weighted by Gasteiger charge is -2.29. The Bertz CT molecular complexity index is 2430. The summed E-state index contributed by atoms with van der Waals surface area (Å²) >= 11 is 0. The average molecular weight is 988 g/mol. The molecule has 0 unspecified atom stereocenters. The zero-order valence-corrected chi connectivity index (χ0v) is 47.5. The van der Waals surface area contributed by atoms with Gasteiger partial charge in [-0.2, -0.15) is 0 Å². The number of likely N-dealkylation sites (N-methyl/N-ethyl adjacent to an activating group) is 3. The standard InChI is InChI=1S/C62H89N3O7/c1-19-63(20-2)52(66)37-70-56-42-25-40-29-48(59(7,8)9)30-41(55(40)69)26-43-32-50(61(13,14)15)34-45(57(43)71-38-53(67)64(21-3)22-4)28-47-36-51(62(16,17)18)35-46(27-44(56)33-49(31-42)60(10,11)12)58(47)72-39-54(68)65(23-5)24-6/h29-36,69H,19-28,37-39H2,1-18H3. The summed E-state index contributed by atoms with van der Waals surface area (Å²) in [6.07, 6.45) is 1.34. The van der Waals surface area contributed by atoms with Gasteiger partial charge < -0.3 is 34.0 Å². The minimum absolute atomic E-state index is 0.109. The molecule has 1 N–H and O–H groups in total. The molecule has 0 aromatic heterocycles. The van der Waals surface area contributed by atoms with Gasteiger partial charge in [0, 0.05) is 65.0 Å². The predicted octanol–water partition coefficient (Wildman–Crippen LogP) is 12.0. The number of carbonyl (C=O) groups excluding carboxylic acids is 3. The van der Waals surface area contributed by atoms with Gasteiger partial charge in [0.25, 0.3) is 17.7 Å². The van der Waals surface area contributed by atoms with E-state index in [0.717, 1.165) is 66.8 Å². The molecule has 0 saturated carbocycles. The van der Waals surface area contributed by atoms with Crippen molar-refractivity contribution in [3.8, 4) is 23.0 Å². The first kappa shape index (κ1) is 57.4. The zero-order chi connectivity index (χ0) is 53.7. The number of phenols is 1. The molecular formula is C62H89N3O7. The quantitative estimate of drug-likeness (QED) is 0.111. The highest BCUT2D eigenvalue weighted by atomic mass is 16.5. The van der Waals surface area contributed by atoms with Crippen molar-refractivity contribution in [2.45, 2.75) is 172 Å². The Kier molecular flexibility index (Phi) is 18.4. The lowest BCUT2D eigenvalue weighted by molar-refractivity contribution is -0.133. The second-order valence-corrected chi connectivity index (χ2v) is 23.8. The van der Waals surface area contributed by atoms with Gasteiger partial charge >= 0.3 is 0 Å². The summed E-state index contributed by atoms with van der Waals surface area (Å²) in [7, 11) is 0. The highest BCUT2D eigenvalue weighted by Crippen LogP contribution is 2.44. The van der Waals surface area contributed by atoms with Crippen molar-refractivity contribution in [1.82, 2.24) is 14.7 Å². The fourth-order valence-electron chi connectivity index (χ4n) is 9.59. The second-order valence-electron chi connectivity index (χ2n) is 23.8. The number of carbonyl (C=O) groups is 3. The Labute approximate surface area is 433 Å². The van der Waals surface area contributed by atoms with E-state index in [1.807, 2.05) is 41.5 Å². The van der Waals surface area contributed by atoms with Gasteiger partial charge in [-0.05, 0) is 130 Å². The van der Waals surface area contributed by atoms with Gasteiger partial charge in [-0.25, -0.2) is 0 Å². The average Bonchev–Trinajstić information content (AvgIpc) is 3.28. The molecule has 0 saturated heterocycles. The van der Waals surface area contributed by atoms with Crippen LogP contribution in [0.4, 0.5) is 0 Å². The molecule has 0 radical (unpaired) electrons. The third kappa shape index (κ3) is 13.8. The van der Waals surface area contributed by atoms with E-state index in [9.17, 15) is 19.5 Å². The molecule has 72 heavy (non-hydrogen) atoms. The summed E-state index contributed by atoms with van der Waals surface area (Å²) in [4.78, 5) is 47.0. The summed E-state index contributed by atoms with van der Waals surface area (Å²) in [6, 6.07) is 17.4. The van der Waals surface area contributed by atoms with Gasteiger partial charge in [-0.3, -0.25) is 14.4 Å². The van der Waals surface area contributed by atoms with Crippen molar-refractivity contribution in [1.29, 1.82) is 0 Å². The van der Waals surface area contributed by atoms with E-state index in [1.165, 1.54) is 0 Å². The molecular weight excluding hydrogens is 899 g/mol. The number of phenolic OH excluding ortho intramolecular Hbond substituents is 1. The van der Waals surface area contributed by atoms with Gasteiger partial charge in [0.1, 0.15) is 23.0 Å². The SMILES string of the molecule is CCN(CC)C(=O)COc1c2cc(C(C)(C)C)cc1Cc1cc(C(C)(C)C)cc(c1OCC(=O)N(CC)CC)Cc1cc(C(C)(C)C)cc(c1OCC(=O)N(CC)CC)Cc1cc(C(C)(C)C)cc(c1O)C2. The van der Waals surface area contributed by atoms with E-state index in [1.54, 1.807) is 14.7 Å². The summed E-state index contributed by atoms with van der Waals surface area (Å²) < 4.78 is 20.6. The van der Waals surface area contributed by atoms with Crippen LogP contribution in [0.3, 0.4) is 0 Å². The van der Waals surface area contributed by atoms with Crippen LogP contribution in [0, 0.1) is 0 Å². The smallest absolute Gasteiger partial charge is 0.260 e. The lowest BCUT2D eigenvalue weighted by Crippen LogP contribution is -2.35. The highest BCUT2D eigenvalue weighted by Gasteiger charge is 2.30. The molecule has 3 amide bonds. The van der Waals surface area contributed by atoms with E-state index in [4.69, 9.17) is 14.2 Å². The largest absolute Gasteiger partial charge is 0.507 e. The maximum absolute atomic E-state index is 13.9. The summed E-state index contributed by atoms with van der Waals surface area (Å²) in [5.41, 5.74) is 9.84. The number of fused-ring (bicyclic) bond motifs is 8. The van der Waals surface area contributed by atoms with Crippen molar-refractivity contribution in [3.05, 3.63) is 115 Å². The zero-order valence-electron chi connectivity index (χ0n) is 47.5. The van der Waals surface area contributed by atoms with Crippen LogP contribution in [-0.2, 0) is 61.7 Å². The molecule has 10 nitrogen and oxygen atoms in total. The van der Waals surface area contributed by atoms with Gasteiger partial charge in [0.05, 0.1) is 0 Å². The summed E-state index contributed by atoms with van der Waals surface area (Å²) in [5.74, 6) is 1.66. The normalized spacial score (nSPS) is 13.1. The summed E-state index contributed by atoms with van der Waals surface area (Å²) in [6.45, 7) is 41.1. The Morgan fingerprint density at radius 3 is 0.736 bits per heavy atom. The predicted molar refractivity (Wildman–Crippen MR) is 294 cm³/mol. The number of amides is 3. The van der Waals surface area contributed by atoms with Crippen LogP contribution in [-0.4, -0.2) is 96.6 Å². The van der Waals surface area contributed by atoms with Gasteiger partial charge in [-0.15, -0.1) is 0 Å². The van der Waals surface area contributed by atoms with Gasteiger partial charge in [-0.1, -0.05) is 132 Å². The van der Waals surface area contributed by atoms with E-state index >= 15 is 0 Å². The monoisotopic (exact) mass is 988 g/mol. The third-order valence-electron chi connectivity index (χ3n) is 14.4. The van der Waals surface area contributed by atoms with Crippen molar-refractivity contribution in [2.75, 3.05) is 59.1 Å². The Hall–Kier alpha value is -5.51. The molecule has 0 spiro atoms. The first-order valence-electron chi connectivity index (χ1n) is 26.6. The molecule has 10 heteroatoms. The minimum atomic E-state index is -0.299. The van der Waals surface area contributed by atoms with Crippen molar-refractivity contribution < 1.29 is 33.7 Å². The molecule has 5 rings (SSSR count).